The summed E-state index contributed by atoms with van der Waals surface area (Å²) in [6.07, 6.45) is 1.46. The summed E-state index contributed by atoms with van der Waals surface area (Å²) in [7, 11) is 0. The van der Waals surface area contributed by atoms with Crippen LogP contribution in [0.25, 0.3) is 6.08 Å². The minimum absolute atomic E-state index is 0.0295. The molecule has 2 aromatic rings. The Morgan fingerprint density at radius 3 is 2.29 bits per heavy atom. The van der Waals surface area contributed by atoms with E-state index in [9.17, 15) is 14.9 Å². The van der Waals surface area contributed by atoms with Crippen LogP contribution in [0, 0.1) is 11.3 Å². The van der Waals surface area contributed by atoms with Crippen molar-refractivity contribution in [3.8, 4) is 11.8 Å². The third kappa shape index (κ3) is 5.07. The normalized spacial score (nSPS) is 10.6. The van der Waals surface area contributed by atoms with Gasteiger partial charge in [0.2, 0.25) is 0 Å². The first kappa shape index (κ1) is 17.4. The molecule has 0 unspecified atom stereocenters. The second-order valence-electron chi connectivity index (χ2n) is 4.79. The van der Waals surface area contributed by atoms with Crippen molar-refractivity contribution in [3.63, 3.8) is 0 Å². The fourth-order valence-electron chi connectivity index (χ4n) is 1.84. The molecule has 0 bridgehead atoms. The van der Waals surface area contributed by atoms with Gasteiger partial charge in [-0.25, -0.2) is 0 Å². The molecule has 0 spiro atoms. The van der Waals surface area contributed by atoms with Crippen molar-refractivity contribution in [2.45, 2.75) is 6.92 Å². The Labute approximate surface area is 147 Å². The van der Waals surface area contributed by atoms with Gasteiger partial charge >= 0.3 is 5.97 Å². The minimum atomic E-state index is -0.496. The van der Waals surface area contributed by atoms with Gasteiger partial charge in [-0.2, -0.15) is 5.26 Å². The summed E-state index contributed by atoms with van der Waals surface area (Å²) in [6.45, 7) is 1.31. The molecule has 0 aromatic heterocycles. The molecule has 0 saturated carbocycles. The summed E-state index contributed by atoms with van der Waals surface area (Å²) >= 11 is 3.31. The molecule has 0 aliphatic heterocycles. The molecule has 0 aliphatic carbocycles. The van der Waals surface area contributed by atoms with Crippen molar-refractivity contribution >= 4 is 39.6 Å². The third-order valence-corrected chi connectivity index (χ3v) is 3.45. The Morgan fingerprint density at radius 2 is 1.75 bits per heavy atom. The second kappa shape index (κ2) is 8.09. The Morgan fingerprint density at radius 1 is 1.12 bits per heavy atom. The zero-order valence-corrected chi connectivity index (χ0v) is 14.3. The molecule has 1 N–H and O–H groups in total. The number of nitriles is 1. The van der Waals surface area contributed by atoms with Crippen molar-refractivity contribution in [1.82, 2.24) is 0 Å². The third-order valence-electron chi connectivity index (χ3n) is 2.92. The number of hydrogen-bond donors (Lipinski definition) is 1. The molecule has 5 nitrogen and oxygen atoms in total. The highest BCUT2D eigenvalue weighted by atomic mass is 79.9. The van der Waals surface area contributed by atoms with E-state index in [0.29, 0.717) is 17.0 Å². The minimum Gasteiger partial charge on any atom is -0.427 e. The Hall–Kier alpha value is -2.91. The Kier molecular flexibility index (Phi) is 5.88. The van der Waals surface area contributed by atoms with Gasteiger partial charge in [0, 0.05) is 17.1 Å². The van der Waals surface area contributed by atoms with Gasteiger partial charge in [-0.15, -0.1) is 0 Å². The highest BCUT2D eigenvalue weighted by Gasteiger charge is 2.09. The first-order valence-electron chi connectivity index (χ1n) is 6.95. The predicted octanol–water partition coefficient (Wildman–Crippen LogP) is 3.92. The number of anilines is 1. The monoisotopic (exact) mass is 384 g/mol. The maximum absolute atomic E-state index is 12.2. The molecule has 1 amide bonds. The number of halogens is 1. The molecule has 0 heterocycles. The number of benzene rings is 2. The zero-order chi connectivity index (χ0) is 17.5. The number of nitrogens with zero attached hydrogens (tertiary/aromatic N) is 1. The molecule has 6 heteroatoms. The van der Waals surface area contributed by atoms with Crippen molar-refractivity contribution < 1.29 is 14.3 Å². The number of esters is 1. The van der Waals surface area contributed by atoms with Gasteiger partial charge < -0.3 is 10.1 Å². The van der Waals surface area contributed by atoms with Crippen LogP contribution in [-0.2, 0) is 9.59 Å². The van der Waals surface area contributed by atoms with Crippen LogP contribution in [0.3, 0.4) is 0 Å². The van der Waals surface area contributed by atoms with Crippen LogP contribution in [0.5, 0.6) is 5.75 Å². The van der Waals surface area contributed by atoms with Crippen molar-refractivity contribution in [2.24, 2.45) is 0 Å². The van der Waals surface area contributed by atoms with Crippen molar-refractivity contribution in [1.29, 1.82) is 5.26 Å². The molecule has 2 aromatic carbocycles. The molecule has 0 radical (unpaired) electrons. The number of carbonyl (C=O) groups excluding carboxylic acids is 2. The van der Waals surface area contributed by atoms with E-state index in [1.807, 2.05) is 6.07 Å². The van der Waals surface area contributed by atoms with Crippen LogP contribution in [0.4, 0.5) is 5.69 Å². The number of amides is 1. The molecular weight excluding hydrogens is 372 g/mol. The summed E-state index contributed by atoms with van der Waals surface area (Å²) in [4.78, 5) is 23.0. The molecule has 0 fully saturated rings. The van der Waals surface area contributed by atoms with E-state index < -0.39 is 11.9 Å². The second-order valence-corrected chi connectivity index (χ2v) is 5.71. The largest absolute Gasteiger partial charge is 0.427 e. The van der Waals surface area contributed by atoms with Gasteiger partial charge in [0.15, 0.2) is 0 Å². The highest BCUT2D eigenvalue weighted by Crippen LogP contribution is 2.17. The summed E-state index contributed by atoms with van der Waals surface area (Å²) in [6, 6.07) is 15.4. The van der Waals surface area contributed by atoms with Gasteiger partial charge in [0.1, 0.15) is 17.4 Å². The lowest BCUT2D eigenvalue weighted by Gasteiger charge is -2.05. The van der Waals surface area contributed by atoms with Gasteiger partial charge in [0.25, 0.3) is 5.91 Å². The fraction of sp³-hybridized carbons (Fsp3) is 0.0556. The van der Waals surface area contributed by atoms with Crippen molar-refractivity contribution in [2.75, 3.05) is 5.32 Å². The van der Waals surface area contributed by atoms with Gasteiger partial charge in [0.05, 0.1) is 0 Å². The van der Waals surface area contributed by atoms with E-state index in [-0.39, 0.29) is 5.57 Å². The standard InChI is InChI=1S/C18H13BrN2O3/c1-12(22)24-17-8-2-13(3-9-17)10-14(11-20)18(23)21-16-6-4-15(19)5-7-16/h2-10H,1H3,(H,21,23)/b14-10-. The van der Waals surface area contributed by atoms with Crippen LogP contribution in [0.15, 0.2) is 58.6 Å². The fourth-order valence-corrected chi connectivity index (χ4v) is 2.11. The number of ether oxygens (including phenoxy) is 1. The SMILES string of the molecule is CC(=O)Oc1ccc(/C=C(/C#N)C(=O)Nc2ccc(Br)cc2)cc1. The molecule has 120 valence electrons. The van der Waals surface area contributed by atoms with Crippen LogP contribution >= 0.6 is 15.9 Å². The summed E-state index contributed by atoms with van der Waals surface area (Å²) in [5, 5.41) is 11.9. The van der Waals surface area contributed by atoms with E-state index >= 15 is 0 Å². The van der Waals surface area contributed by atoms with Gasteiger partial charge in [-0.1, -0.05) is 28.1 Å². The molecule has 24 heavy (non-hydrogen) atoms. The van der Waals surface area contributed by atoms with E-state index in [1.165, 1.54) is 13.0 Å². The molecule has 2 rings (SSSR count). The van der Waals surface area contributed by atoms with E-state index in [1.54, 1.807) is 48.5 Å². The lowest BCUT2D eigenvalue weighted by molar-refractivity contribution is -0.131. The number of rotatable bonds is 4. The maximum atomic E-state index is 12.2. The smallest absolute Gasteiger partial charge is 0.308 e. The molecule has 0 saturated heterocycles. The average Bonchev–Trinajstić information content (AvgIpc) is 2.55. The highest BCUT2D eigenvalue weighted by molar-refractivity contribution is 9.10. The summed E-state index contributed by atoms with van der Waals surface area (Å²) in [5.74, 6) is -0.508. The topological polar surface area (TPSA) is 79.2 Å². The van der Waals surface area contributed by atoms with Crippen LogP contribution < -0.4 is 10.1 Å². The quantitative estimate of drug-likeness (QED) is 0.375. The summed E-state index contributed by atoms with van der Waals surface area (Å²) < 4.78 is 5.82. The van der Waals surface area contributed by atoms with Crippen LogP contribution in [0.2, 0.25) is 0 Å². The zero-order valence-electron chi connectivity index (χ0n) is 12.7. The number of carbonyl (C=O) groups is 2. The molecular formula is C18H13BrN2O3. The van der Waals surface area contributed by atoms with Gasteiger partial charge in [-0.3, -0.25) is 9.59 Å². The van der Waals surface area contributed by atoms with E-state index in [0.717, 1.165) is 4.47 Å². The van der Waals surface area contributed by atoms with Crippen molar-refractivity contribution in [3.05, 3.63) is 64.1 Å². The maximum Gasteiger partial charge on any atom is 0.308 e. The van der Waals surface area contributed by atoms with Crippen LogP contribution in [0.1, 0.15) is 12.5 Å². The molecule has 0 atom stereocenters. The predicted molar refractivity (Wildman–Crippen MR) is 94.1 cm³/mol. The Bertz CT molecular complexity index is 819. The lowest BCUT2D eigenvalue weighted by atomic mass is 10.1. The van der Waals surface area contributed by atoms with Crippen LogP contribution in [-0.4, -0.2) is 11.9 Å². The van der Waals surface area contributed by atoms with E-state index in [2.05, 4.69) is 21.2 Å². The lowest BCUT2D eigenvalue weighted by Crippen LogP contribution is -2.13. The average molecular weight is 385 g/mol. The first-order chi connectivity index (χ1) is 11.5. The summed E-state index contributed by atoms with van der Waals surface area (Å²) in [5.41, 5.74) is 1.21. The van der Waals surface area contributed by atoms with Gasteiger partial charge in [-0.05, 0) is 48.0 Å². The first-order valence-corrected chi connectivity index (χ1v) is 7.74. The number of hydrogen-bond acceptors (Lipinski definition) is 4. The Balaban J connectivity index is 2.13. The number of nitrogens with one attached hydrogen (secondary N) is 1. The van der Waals surface area contributed by atoms with E-state index in [4.69, 9.17) is 4.74 Å². The molecule has 0 aliphatic rings.